The van der Waals surface area contributed by atoms with Gasteiger partial charge in [0.2, 0.25) is 11.8 Å². The van der Waals surface area contributed by atoms with E-state index in [4.69, 9.17) is 0 Å². The lowest BCUT2D eigenvalue weighted by molar-refractivity contribution is -0.140. The fourth-order valence-corrected chi connectivity index (χ4v) is 6.34. The molecule has 4 rings (SSSR count). The zero-order valence-corrected chi connectivity index (χ0v) is 26.8. The van der Waals surface area contributed by atoms with Gasteiger partial charge in [0, 0.05) is 19.5 Å². The van der Waals surface area contributed by atoms with Crippen molar-refractivity contribution in [1.82, 2.24) is 10.2 Å². The number of sulfonamides is 1. The summed E-state index contributed by atoms with van der Waals surface area (Å²) in [6, 6.07) is 27.4. The number of nitrogens with zero attached hydrogens (tertiary/aromatic N) is 2. The monoisotopic (exact) mass is 629 g/mol. The zero-order valence-electron chi connectivity index (χ0n) is 25.9. The zero-order chi connectivity index (χ0) is 32.4. The summed E-state index contributed by atoms with van der Waals surface area (Å²) in [6.07, 6.45) is 1.90. The highest BCUT2D eigenvalue weighted by Crippen LogP contribution is 2.26. The summed E-state index contributed by atoms with van der Waals surface area (Å²) in [5.41, 5.74) is 3.70. The Morgan fingerprint density at radius 1 is 0.800 bits per heavy atom. The molecule has 0 aliphatic carbocycles. The van der Waals surface area contributed by atoms with E-state index < -0.39 is 34.3 Å². The van der Waals surface area contributed by atoms with Gasteiger partial charge in [-0.15, -0.1) is 0 Å². The molecule has 0 spiro atoms. The molecule has 0 saturated heterocycles. The molecular formula is C36H40FN3O4S. The Kier molecular flexibility index (Phi) is 11.5. The minimum atomic E-state index is -4.25. The standard InChI is InChI=1S/C36H40FN3O4S/c1-4-5-23-38-36(42)34(24-29-9-7-6-8-10-29)39(25-30-15-11-27(2)12-16-30)35(41)26-40(32-19-17-31(37)18-20-32)45(43,44)33-21-13-28(3)14-22-33/h6-22,34H,4-5,23-26H2,1-3H3,(H,38,42). The van der Waals surface area contributed by atoms with E-state index in [9.17, 15) is 22.4 Å². The van der Waals surface area contributed by atoms with Gasteiger partial charge >= 0.3 is 0 Å². The normalized spacial score (nSPS) is 11.9. The summed E-state index contributed by atoms with van der Waals surface area (Å²) < 4.78 is 43.0. The molecule has 0 bridgehead atoms. The number of hydrogen-bond donors (Lipinski definition) is 1. The van der Waals surface area contributed by atoms with Crippen LogP contribution < -0.4 is 9.62 Å². The Morgan fingerprint density at radius 2 is 1.40 bits per heavy atom. The van der Waals surface area contributed by atoms with Gasteiger partial charge in [-0.3, -0.25) is 13.9 Å². The van der Waals surface area contributed by atoms with Crippen molar-refractivity contribution >= 4 is 27.5 Å². The average Bonchev–Trinajstić information content (AvgIpc) is 3.03. The first-order valence-electron chi connectivity index (χ1n) is 15.1. The van der Waals surface area contributed by atoms with Crippen molar-refractivity contribution in [2.45, 2.75) is 57.5 Å². The molecule has 0 heterocycles. The first-order chi connectivity index (χ1) is 21.6. The Bertz CT molecular complexity index is 1660. The van der Waals surface area contributed by atoms with Crippen molar-refractivity contribution in [3.63, 3.8) is 0 Å². The highest BCUT2D eigenvalue weighted by Gasteiger charge is 2.34. The molecule has 4 aromatic carbocycles. The van der Waals surface area contributed by atoms with E-state index in [1.165, 1.54) is 29.2 Å². The van der Waals surface area contributed by atoms with E-state index in [2.05, 4.69) is 5.32 Å². The predicted molar refractivity (Wildman–Crippen MR) is 176 cm³/mol. The molecule has 1 N–H and O–H groups in total. The molecule has 1 unspecified atom stereocenters. The highest BCUT2D eigenvalue weighted by atomic mass is 32.2. The molecule has 45 heavy (non-hydrogen) atoms. The third-order valence-electron chi connectivity index (χ3n) is 7.58. The number of carbonyl (C=O) groups excluding carboxylic acids is 2. The third kappa shape index (κ3) is 9.01. The van der Waals surface area contributed by atoms with Gasteiger partial charge in [0.25, 0.3) is 10.0 Å². The van der Waals surface area contributed by atoms with Crippen LogP contribution in [0.4, 0.5) is 10.1 Å². The maximum atomic E-state index is 14.4. The van der Waals surface area contributed by atoms with Gasteiger partial charge in [0.15, 0.2) is 0 Å². The second-order valence-corrected chi connectivity index (χ2v) is 13.0. The summed E-state index contributed by atoms with van der Waals surface area (Å²) in [5.74, 6) is -1.42. The Labute approximate surface area is 265 Å². The van der Waals surface area contributed by atoms with Crippen molar-refractivity contribution in [2.75, 3.05) is 17.4 Å². The number of carbonyl (C=O) groups is 2. The van der Waals surface area contributed by atoms with Crippen molar-refractivity contribution in [3.05, 3.63) is 131 Å². The number of benzene rings is 4. The van der Waals surface area contributed by atoms with E-state index in [-0.39, 0.29) is 29.5 Å². The molecule has 0 aliphatic rings. The fraction of sp³-hybridized carbons (Fsp3) is 0.278. The number of nitrogens with one attached hydrogen (secondary N) is 1. The first-order valence-corrected chi connectivity index (χ1v) is 16.5. The predicted octanol–water partition coefficient (Wildman–Crippen LogP) is 6.19. The van der Waals surface area contributed by atoms with Gasteiger partial charge in [-0.25, -0.2) is 12.8 Å². The summed E-state index contributed by atoms with van der Waals surface area (Å²) in [6.45, 7) is 5.78. The van der Waals surface area contributed by atoms with Crippen molar-refractivity contribution < 1.29 is 22.4 Å². The summed E-state index contributed by atoms with van der Waals surface area (Å²) in [7, 11) is -4.25. The lowest BCUT2D eigenvalue weighted by atomic mass is 10.0. The maximum absolute atomic E-state index is 14.4. The number of hydrogen-bond acceptors (Lipinski definition) is 4. The van der Waals surface area contributed by atoms with Crippen LogP contribution in [0.5, 0.6) is 0 Å². The lowest BCUT2D eigenvalue weighted by Gasteiger charge is -2.34. The van der Waals surface area contributed by atoms with Crippen molar-refractivity contribution in [2.24, 2.45) is 0 Å². The van der Waals surface area contributed by atoms with E-state index in [1.54, 1.807) is 12.1 Å². The Morgan fingerprint density at radius 3 is 2.00 bits per heavy atom. The quantitative estimate of drug-likeness (QED) is 0.169. The molecule has 0 radical (unpaired) electrons. The number of aryl methyl sites for hydroxylation is 2. The summed E-state index contributed by atoms with van der Waals surface area (Å²) in [5, 5.41) is 2.98. The largest absolute Gasteiger partial charge is 0.354 e. The molecule has 0 fully saturated rings. The molecule has 0 aliphatic heterocycles. The van der Waals surface area contributed by atoms with Gasteiger partial charge in [-0.1, -0.05) is 91.2 Å². The first kappa shape index (κ1) is 33.4. The molecule has 236 valence electrons. The molecule has 7 nitrogen and oxygen atoms in total. The number of rotatable bonds is 14. The van der Waals surface area contributed by atoms with Crippen LogP contribution in [0.25, 0.3) is 0 Å². The van der Waals surface area contributed by atoms with E-state index in [0.717, 1.165) is 51.5 Å². The van der Waals surface area contributed by atoms with Crippen LogP contribution in [0.15, 0.2) is 108 Å². The third-order valence-corrected chi connectivity index (χ3v) is 9.36. The molecule has 4 aromatic rings. The van der Waals surface area contributed by atoms with Crippen molar-refractivity contribution in [3.8, 4) is 0 Å². The average molecular weight is 630 g/mol. The molecule has 0 saturated carbocycles. The summed E-state index contributed by atoms with van der Waals surface area (Å²) >= 11 is 0. The minimum Gasteiger partial charge on any atom is -0.354 e. The van der Waals surface area contributed by atoms with Crippen LogP contribution in [0.1, 0.15) is 42.0 Å². The molecular weight excluding hydrogens is 589 g/mol. The SMILES string of the molecule is CCCCNC(=O)C(Cc1ccccc1)N(Cc1ccc(C)cc1)C(=O)CN(c1ccc(F)cc1)S(=O)(=O)c1ccc(C)cc1. The smallest absolute Gasteiger partial charge is 0.264 e. The molecule has 2 amide bonds. The van der Waals surface area contributed by atoms with Gasteiger partial charge in [0.05, 0.1) is 10.6 Å². The lowest BCUT2D eigenvalue weighted by Crippen LogP contribution is -2.53. The number of unbranched alkanes of at least 4 members (excludes halogenated alkanes) is 1. The second-order valence-electron chi connectivity index (χ2n) is 11.2. The highest BCUT2D eigenvalue weighted by molar-refractivity contribution is 7.92. The van der Waals surface area contributed by atoms with Crippen LogP contribution in [-0.2, 0) is 32.6 Å². The number of amides is 2. The number of anilines is 1. The van der Waals surface area contributed by atoms with Crippen LogP contribution in [0, 0.1) is 19.7 Å². The van der Waals surface area contributed by atoms with Crippen LogP contribution in [0.2, 0.25) is 0 Å². The topological polar surface area (TPSA) is 86.8 Å². The Hall–Kier alpha value is -4.50. The van der Waals surface area contributed by atoms with E-state index >= 15 is 0 Å². The van der Waals surface area contributed by atoms with Gasteiger partial charge in [0.1, 0.15) is 18.4 Å². The van der Waals surface area contributed by atoms with E-state index in [0.29, 0.717) is 6.54 Å². The second kappa shape index (κ2) is 15.5. The van der Waals surface area contributed by atoms with E-state index in [1.807, 2.05) is 75.4 Å². The number of halogens is 1. The fourth-order valence-electron chi connectivity index (χ4n) is 4.92. The van der Waals surface area contributed by atoms with Crippen LogP contribution >= 0.6 is 0 Å². The van der Waals surface area contributed by atoms with Crippen LogP contribution in [0.3, 0.4) is 0 Å². The maximum Gasteiger partial charge on any atom is 0.264 e. The summed E-state index contributed by atoms with van der Waals surface area (Å²) in [4.78, 5) is 29.7. The Balaban J connectivity index is 1.78. The minimum absolute atomic E-state index is 0.00606. The molecule has 9 heteroatoms. The van der Waals surface area contributed by atoms with Crippen LogP contribution in [-0.4, -0.2) is 44.3 Å². The van der Waals surface area contributed by atoms with Gasteiger partial charge in [-0.05, 0) is 67.8 Å². The van der Waals surface area contributed by atoms with Gasteiger partial charge < -0.3 is 10.2 Å². The molecule has 0 aromatic heterocycles. The molecule has 1 atom stereocenters. The van der Waals surface area contributed by atoms with Gasteiger partial charge in [-0.2, -0.15) is 0 Å². The van der Waals surface area contributed by atoms with Crippen molar-refractivity contribution in [1.29, 1.82) is 0 Å².